The molecule has 2 aliphatic rings. The Labute approximate surface area is 166 Å². The highest BCUT2D eigenvalue weighted by molar-refractivity contribution is 6.03. The number of ketones is 1. The molecule has 4 rings (SSSR count). The lowest BCUT2D eigenvalue weighted by atomic mass is 9.97. The monoisotopic (exact) mass is 380 g/mol. The van der Waals surface area contributed by atoms with Crippen molar-refractivity contribution in [3.8, 4) is 11.5 Å². The van der Waals surface area contributed by atoms with Crippen LogP contribution >= 0.6 is 0 Å². The number of piperidine rings is 1. The van der Waals surface area contributed by atoms with Gasteiger partial charge in [0, 0.05) is 30.4 Å². The van der Waals surface area contributed by atoms with Gasteiger partial charge in [0.2, 0.25) is 0 Å². The highest BCUT2D eigenvalue weighted by atomic mass is 16.5. The summed E-state index contributed by atoms with van der Waals surface area (Å²) in [5.74, 6) is 1.55. The van der Waals surface area contributed by atoms with Crippen LogP contribution in [0.5, 0.6) is 11.5 Å². The third-order valence-electron chi connectivity index (χ3n) is 5.81. The molecule has 0 spiro atoms. The van der Waals surface area contributed by atoms with E-state index in [-0.39, 0.29) is 11.7 Å². The number of carbonyl (C=O) groups excluding carboxylic acids is 1. The second-order valence-corrected chi connectivity index (χ2v) is 7.74. The number of nitrogens with zero attached hydrogens (tertiary/aromatic N) is 2. The minimum Gasteiger partial charge on any atom is -0.493 e. The summed E-state index contributed by atoms with van der Waals surface area (Å²) in [4.78, 5) is 19.6. The van der Waals surface area contributed by atoms with Crippen LogP contribution in [0.1, 0.15) is 40.7 Å². The lowest BCUT2D eigenvalue weighted by molar-refractivity contribution is 0.0935. The van der Waals surface area contributed by atoms with Gasteiger partial charge in [-0.15, -0.1) is 0 Å². The predicted molar refractivity (Wildman–Crippen MR) is 108 cm³/mol. The first-order valence-electron chi connectivity index (χ1n) is 10.2. The number of pyridine rings is 1. The smallest absolute Gasteiger partial charge is 0.167 e. The quantitative estimate of drug-likeness (QED) is 0.735. The molecule has 28 heavy (non-hydrogen) atoms. The zero-order valence-corrected chi connectivity index (χ0v) is 16.5. The topological polar surface area (TPSA) is 51.7 Å². The number of rotatable bonds is 7. The van der Waals surface area contributed by atoms with Gasteiger partial charge >= 0.3 is 0 Å². The Balaban J connectivity index is 1.43. The summed E-state index contributed by atoms with van der Waals surface area (Å²) in [7, 11) is 1.66. The van der Waals surface area contributed by atoms with E-state index in [1.54, 1.807) is 13.3 Å². The number of carbonyl (C=O) groups is 1. The van der Waals surface area contributed by atoms with E-state index in [0.717, 1.165) is 49.2 Å². The van der Waals surface area contributed by atoms with Gasteiger partial charge in [-0.2, -0.15) is 0 Å². The van der Waals surface area contributed by atoms with E-state index in [4.69, 9.17) is 9.47 Å². The molecule has 148 valence electrons. The van der Waals surface area contributed by atoms with Crippen molar-refractivity contribution < 1.29 is 14.3 Å². The van der Waals surface area contributed by atoms with Crippen LogP contribution in [0.15, 0.2) is 36.7 Å². The lowest BCUT2D eigenvalue weighted by Crippen LogP contribution is -2.33. The number of hydrogen-bond donors (Lipinski definition) is 0. The van der Waals surface area contributed by atoms with E-state index < -0.39 is 0 Å². The fraction of sp³-hybridized carbons (Fsp3) is 0.478. The molecule has 1 atom stereocenters. The fourth-order valence-electron chi connectivity index (χ4n) is 4.29. The van der Waals surface area contributed by atoms with Gasteiger partial charge in [0.1, 0.15) is 6.61 Å². The Hall–Kier alpha value is -2.40. The summed E-state index contributed by atoms with van der Waals surface area (Å²) < 4.78 is 11.6. The van der Waals surface area contributed by atoms with Gasteiger partial charge in [-0.05, 0) is 68.1 Å². The fourth-order valence-corrected chi connectivity index (χ4v) is 4.29. The molecule has 0 saturated carbocycles. The first-order valence-corrected chi connectivity index (χ1v) is 10.2. The van der Waals surface area contributed by atoms with Crippen molar-refractivity contribution in [2.75, 3.05) is 33.4 Å². The van der Waals surface area contributed by atoms with Gasteiger partial charge in [-0.3, -0.25) is 14.7 Å². The SMILES string of the molecule is COc1cc2c(cc1OCCN1CCCCC1)C(=O)C(Cc1cccnc1)C2. The highest BCUT2D eigenvalue weighted by Crippen LogP contribution is 2.37. The molecule has 1 fully saturated rings. The van der Waals surface area contributed by atoms with E-state index in [1.807, 2.05) is 30.5 Å². The van der Waals surface area contributed by atoms with Crippen molar-refractivity contribution in [2.45, 2.75) is 32.1 Å². The van der Waals surface area contributed by atoms with Crippen LogP contribution in [0, 0.1) is 5.92 Å². The van der Waals surface area contributed by atoms with Crippen LogP contribution in [0.25, 0.3) is 0 Å². The van der Waals surface area contributed by atoms with Crippen molar-refractivity contribution >= 4 is 5.78 Å². The number of ether oxygens (including phenoxy) is 2. The number of Topliss-reactive ketones (excluding diaryl/α,β-unsaturated/α-hetero) is 1. The molecule has 5 nitrogen and oxygen atoms in total. The van der Waals surface area contributed by atoms with Crippen LogP contribution in [0.2, 0.25) is 0 Å². The van der Waals surface area contributed by atoms with Crippen LogP contribution in [-0.2, 0) is 12.8 Å². The zero-order valence-electron chi connectivity index (χ0n) is 16.5. The van der Waals surface area contributed by atoms with Crippen molar-refractivity contribution in [3.63, 3.8) is 0 Å². The van der Waals surface area contributed by atoms with Crippen LogP contribution < -0.4 is 9.47 Å². The average molecular weight is 380 g/mol. The Morgan fingerprint density at radius 2 is 2.04 bits per heavy atom. The van der Waals surface area contributed by atoms with Gasteiger partial charge < -0.3 is 9.47 Å². The summed E-state index contributed by atoms with van der Waals surface area (Å²) in [6, 6.07) is 7.81. The maximum Gasteiger partial charge on any atom is 0.167 e. The number of methoxy groups -OCH3 is 1. The Kier molecular flexibility index (Phi) is 5.91. The summed E-state index contributed by atoms with van der Waals surface area (Å²) in [5.41, 5.74) is 2.93. The first kappa shape index (κ1) is 18.9. The standard InChI is InChI=1S/C23H28N2O3/c1-27-21-14-18-13-19(12-17-6-5-7-24-16-17)23(26)20(18)15-22(21)28-11-10-25-8-3-2-4-9-25/h5-7,14-16,19H,2-4,8-13H2,1H3. The van der Waals surface area contributed by atoms with Crippen molar-refractivity contribution in [1.82, 2.24) is 9.88 Å². The number of fused-ring (bicyclic) bond motifs is 1. The average Bonchev–Trinajstić information content (AvgIpc) is 3.03. The van der Waals surface area contributed by atoms with Crippen LogP contribution in [0.4, 0.5) is 0 Å². The van der Waals surface area contributed by atoms with Crippen molar-refractivity contribution in [3.05, 3.63) is 53.3 Å². The van der Waals surface area contributed by atoms with Crippen LogP contribution in [-0.4, -0.2) is 49.0 Å². The summed E-state index contributed by atoms with van der Waals surface area (Å²) in [5, 5.41) is 0. The minimum absolute atomic E-state index is 0.0347. The second-order valence-electron chi connectivity index (χ2n) is 7.74. The van der Waals surface area contributed by atoms with Crippen molar-refractivity contribution in [2.24, 2.45) is 5.92 Å². The van der Waals surface area contributed by atoms with Gasteiger partial charge in [-0.1, -0.05) is 12.5 Å². The van der Waals surface area contributed by atoms with E-state index in [9.17, 15) is 4.79 Å². The molecule has 1 saturated heterocycles. The third kappa shape index (κ3) is 4.20. The molecule has 5 heteroatoms. The molecule has 1 unspecified atom stereocenters. The van der Waals surface area contributed by atoms with Crippen LogP contribution in [0.3, 0.4) is 0 Å². The normalized spacial score (nSPS) is 19.5. The number of aromatic nitrogens is 1. The molecule has 1 aromatic heterocycles. The molecule has 1 aliphatic heterocycles. The van der Waals surface area contributed by atoms with Gasteiger partial charge in [0.25, 0.3) is 0 Å². The molecular formula is C23H28N2O3. The molecule has 0 bridgehead atoms. The van der Waals surface area contributed by atoms with Crippen molar-refractivity contribution in [1.29, 1.82) is 0 Å². The first-order chi connectivity index (χ1) is 13.7. The molecule has 0 radical (unpaired) electrons. The summed E-state index contributed by atoms with van der Waals surface area (Å²) in [6.45, 7) is 3.83. The molecule has 0 amide bonds. The third-order valence-corrected chi connectivity index (χ3v) is 5.81. The molecule has 0 N–H and O–H groups in total. The molecule has 1 aliphatic carbocycles. The molecule has 2 heterocycles. The largest absolute Gasteiger partial charge is 0.493 e. The second kappa shape index (κ2) is 8.74. The maximum absolute atomic E-state index is 12.9. The van der Waals surface area contributed by atoms with Gasteiger partial charge in [0.05, 0.1) is 7.11 Å². The number of likely N-dealkylation sites (tertiary alicyclic amines) is 1. The number of hydrogen-bond acceptors (Lipinski definition) is 5. The zero-order chi connectivity index (χ0) is 19.3. The Morgan fingerprint density at radius 1 is 1.18 bits per heavy atom. The highest BCUT2D eigenvalue weighted by Gasteiger charge is 2.32. The lowest BCUT2D eigenvalue weighted by Gasteiger charge is -2.26. The summed E-state index contributed by atoms with van der Waals surface area (Å²) >= 11 is 0. The van der Waals surface area contributed by atoms with E-state index >= 15 is 0 Å². The molecular weight excluding hydrogens is 352 g/mol. The molecule has 1 aromatic carbocycles. The van der Waals surface area contributed by atoms with E-state index in [0.29, 0.717) is 18.1 Å². The Morgan fingerprint density at radius 3 is 2.79 bits per heavy atom. The number of benzene rings is 1. The van der Waals surface area contributed by atoms with E-state index in [1.165, 1.54) is 19.3 Å². The van der Waals surface area contributed by atoms with Gasteiger partial charge in [0.15, 0.2) is 17.3 Å². The maximum atomic E-state index is 12.9. The minimum atomic E-state index is -0.0347. The Bertz CT molecular complexity index is 816. The van der Waals surface area contributed by atoms with Gasteiger partial charge in [-0.25, -0.2) is 0 Å². The van der Waals surface area contributed by atoms with E-state index in [2.05, 4.69) is 9.88 Å². The predicted octanol–water partition coefficient (Wildman–Crippen LogP) is 3.55. The molecule has 2 aromatic rings. The summed E-state index contributed by atoms with van der Waals surface area (Å²) in [6.07, 6.45) is 8.93.